The molecule has 0 saturated heterocycles. The molecule has 0 aliphatic rings. The topological polar surface area (TPSA) is 90.2 Å². The first-order valence-electron chi connectivity index (χ1n) is 4.33. The Labute approximate surface area is 87.5 Å². The first kappa shape index (κ1) is 11.0. The summed E-state index contributed by atoms with van der Waals surface area (Å²) in [5.41, 5.74) is 7.38. The van der Waals surface area contributed by atoms with Gasteiger partial charge in [-0.15, -0.1) is 0 Å². The van der Waals surface area contributed by atoms with Gasteiger partial charge in [-0.25, -0.2) is 9.78 Å². The molecule has 1 aromatic heterocycles. The van der Waals surface area contributed by atoms with Crippen molar-refractivity contribution in [2.24, 2.45) is 0 Å². The van der Waals surface area contributed by atoms with E-state index in [1.165, 1.54) is 7.11 Å². The van der Waals surface area contributed by atoms with Crippen molar-refractivity contribution in [1.82, 2.24) is 0 Å². The molecular formula is C10H12N3O2+. The number of nitrogens with zero attached hydrogens (tertiary/aromatic N) is 1. The predicted octanol–water partition coefficient (Wildman–Crippen LogP) is 0.358. The van der Waals surface area contributed by atoms with Crippen LogP contribution in [0.5, 0.6) is 0 Å². The van der Waals surface area contributed by atoms with Crippen LogP contribution in [-0.4, -0.2) is 13.1 Å². The maximum absolute atomic E-state index is 11.5. The summed E-state index contributed by atoms with van der Waals surface area (Å²) in [6.07, 6.45) is 0. The third-order valence-electron chi connectivity index (χ3n) is 2.28. The number of hydrogen-bond acceptors (Lipinski definition) is 4. The molecule has 0 saturated carbocycles. The number of aromatic amines is 1. The van der Waals surface area contributed by atoms with Crippen LogP contribution in [0.2, 0.25) is 0 Å². The number of nitrogens with two attached hydrogens (primary N) is 1. The fourth-order valence-corrected chi connectivity index (χ4v) is 1.34. The van der Waals surface area contributed by atoms with E-state index >= 15 is 0 Å². The number of nitrogen functional groups attached to an aromatic ring is 1. The minimum atomic E-state index is -0.548. The maximum Gasteiger partial charge on any atom is 0.339 e. The molecule has 5 nitrogen and oxygen atoms in total. The summed E-state index contributed by atoms with van der Waals surface area (Å²) in [7, 11) is 1.27. The van der Waals surface area contributed by atoms with E-state index in [-0.39, 0.29) is 16.9 Å². The number of nitriles is 1. The molecule has 0 aliphatic heterocycles. The van der Waals surface area contributed by atoms with Gasteiger partial charge in [0.15, 0.2) is 5.56 Å². The molecule has 1 aromatic rings. The highest BCUT2D eigenvalue weighted by Crippen LogP contribution is 2.18. The lowest BCUT2D eigenvalue weighted by molar-refractivity contribution is -0.371. The van der Waals surface area contributed by atoms with Gasteiger partial charge in [0.1, 0.15) is 11.8 Å². The van der Waals surface area contributed by atoms with E-state index in [2.05, 4.69) is 9.72 Å². The number of carbonyl (C=O) groups excluding carboxylic acids is 1. The van der Waals surface area contributed by atoms with Crippen molar-refractivity contribution < 1.29 is 14.5 Å². The van der Waals surface area contributed by atoms with Crippen LogP contribution in [-0.2, 0) is 4.74 Å². The number of aryl methyl sites for hydroxylation is 1. The molecule has 3 N–H and O–H groups in total. The molecule has 0 fully saturated rings. The van der Waals surface area contributed by atoms with Crippen molar-refractivity contribution in [3.63, 3.8) is 0 Å². The molecule has 0 aliphatic carbocycles. The Hall–Kier alpha value is -2.09. The molecule has 0 radical (unpaired) electrons. The highest BCUT2D eigenvalue weighted by molar-refractivity contribution is 5.95. The van der Waals surface area contributed by atoms with Crippen molar-refractivity contribution in [3.05, 3.63) is 22.4 Å². The molecule has 5 heteroatoms. The Kier molecular flexibility index (Phi) is 2.90. The fraction of sp³-hybridized carbons (Fsp3) is 0.300. The molecule has 0 aromatic carbocycles. The Bertz CT molecular complexity index is 461. The lowest BCUT2D eigenvalue weighted by atomic mass is 10.0. The Morgan fingerprint density at radius 3 is 2.60 bits per heavy atom. The van der Waals surface area contributed by atoms with Crippen molar-refractivity contribution >= 4 is 11.8 Å². The number of pyridine rings is 1. The molecule has 1 heterocycles. The molecule has 1 rings (SSSR count). The standard InChI is InChI=1S/C10H11N3O2/c1-5-6(2)13-9(12)7(4-11)8(5)10(14)15-3/h1-3H3,(H2,12,13)/p+1. The summed E-state index contributed by atoms with van der Waals surface area (Å²) in [6.45, 7) is 3.51. The molecule has 0 unspecified atom stereocenters. The molecule has 0 amide bonds. The number of H-pyrrole nitrogens is 1. The smallest absolute Gasteiger partial charge is 0.339 e. The van der Waals surface area contributed by atoms with Crippen LogP contribution in [0.15, 0.2) is 0 Å². The lowest BCUT2D eigenvalue weighted by Gasteiger charge is -2.06. The van der Waals surface area contributed by atoms with Gasteiger partial charge in [-0.3, -0.25) is 5.73 Å². The van der Waals surface area contributed by atoms with Crippen LogP contribution in [0.1, 0.15) is 27.2 Å². The summed E-state index contributed by atoms with van der Waals surface area (Å²) < 4.78 is 4.61. The SMILES string of the molecule is COC(=O)c1c(C)c(C)[nH+]c(N)c1C#N. The Morgan fingerprint density at radius 2 is 2.13 bits per heavy atom. The number of carbonyl (C=O) groups is 1. The Balaban J connectivity index is 3.60. The average Bonchev–Trinajstić information content (AvgIpc) is 2.21. The van der Waals surface area contributed by atoms with Gasteiger partial charge < -0.3 is 4.74 Å². The molecular weight excluding hydrogens is 194 g/mol. The van der Waals surface area contributed by atoms with Gasteiger partial charge >= 0.3 is 5.97 Å². The van der Waals surface area contributed by atoms with Gasteiger partial charge in [-0.05, 0) is 13.8 Å². The van der Waals surface area contributed by atoms with Gasteiger partial charge in [0.25, 0.3) is 5.82 Å². The van der Waals surface area contributed by atoms with Gasteiger partial charge in [-0.1, -0.05) is 0 Å². The van der Waals surface area contributed by atoms with Gasteiger partial charge in [0.05, 0.1) is 12.7 Å². The normalized spacial score (nSPS) is 9.47. The van der Waals surface area contributed by atoms with Gasteiger partial charge in [0.2, 0.25) is 0 Å². The van der Waals surface area contributed by atoms with Crippen LogP contribution in [0, 0.1) is 25.2 Å². The van der Waals surface area contributed by atoms with E-state index in [0.717, 1.165) is 5.69 Å². The minimum absolute atomic E-state index is 0.130. The molecule has 78 valence electrons. The fourth-order valence-electron chi connectivity index (χ4n) is 1.34. The third-order valence-corrected chi connectivity index (χ3v) is 2.28. The van der Waals surface area contributed by atoms with E-state index in [9.17, 15) is 4.79 Å². The van der Waals surface area contributed by atoms with E-state index < -0.39 is 5.97 Å². The summed E-state index contributed by atoms with van der Waals surface area (Å²) in [6, 6.07) is 1.89. The molecule has 0 bridgehead atoms. The largest absolute Gasteiger partial charge is 0.465 e. The third kappa shape index (κ3) is 1.74. The molecule has 0 spiro atoms. The zero-order valence-corrected chi connectivity index (χ0v) is 8.84. The van der Waals surface area contributed by atoms with E-state index in [4.69, 9.17) is 11.0 Å². The minimum Gasteiger partial charge on any atom is -0.465 e. The van der Waals surface area contributed by atoms with Crippen molar-refractivity contribution in [2.75, 3.05) is 12.8 Å². The van der Waals surface area contributed by atoms with Crippen LogP contribution in [0.4, 0.5) is 5.82 Å². The van der Waals surface area contributed by atoms with Gasteiger partial charge in [0, 0.05) is 5.56 Å². The van der Waals surface area contributed by atoms with Crippen LogP contribution in [0.3, 0.4) is 0 Å². The summed E-state index contributed by atoms with van der Waals surface area (Å²) in [5.74, 6) is -0.367. The highest BCUT2D eigenvalue weighted by Gasteiger charge is 2.23. The van der Waals surface area contributed by atoms with Crippen LogP contribution < -0.4 is 10.7 Å². The number of aromatic nitrogens is 1. The molecule has 15 heavy (non-hydrogen) atoms. The van der Waals surface area contributed by atoms with Crippen LogP contribution >= 0.6 is 0 Å². The number of methoxy groups -OCH3 is 1. The number of nitrogens with one attached hydrogen (secondary N) is 1. The lowest BCUT2D eigenvalue weighted by Crippen LogP contribution is -2.22. The number of ether oxygens (including phenoxy) is 1. The average molecular weight is 206 g/mol. The highest BCUT2D eigenvalue weighted by atomic mass is 16.5. The zero-order valence-electron chi connectivity index (χ0n) is 8.84. The van der Waals surface area contributed by atoms with Crippen molar-refractivity contribution in [3.8, 4) is 6.07 Å². The van der Waals surface area contributed by atoms with Crippen LogP contribution in [0.25, 0.3) is 0 Å². The monoisotopic (exact) mass is 206 g/mol. The van der Waals surface area contributed by atoms with Crippen molar-refractivity contribution in [2.45, 2.75) is 13.8 Å². The second-order valence-electron chi connectivity index (χ2n) is 3.14. The van der Waals surface area contributed by atoms with E-state index in [1.807, 2.05) is 6.07 Å². The summed E-state index contributed by atoms with van der Waals surface area (Å²) >= 11 is 0. The summed E-state index contributed by atoms with van der Waals surface area (Å²) in [5, 5.41) is 8.90. The zero-order chi connectivity index (χ0) is 11.6. The summed E-state index contributed by atoms with van der Waals surface area (Å²) in [4.78, 5) is 14.3. The maximum atomic E-state index is 11.5. The first-order valence-corrected chi connectivity index (χ1v) is 4.33. The Morgan fingerprint density at radius 1 is 1.53 bits per heavy atom. The first-order chi connectivity index (χ1) is 7.02. The number of esters is 1. The second-order valence-corrected chi connectivity index (χ2v) is 3.14. The predicted molar refractivity (Wildman–Crippen MR) is 52.9 cm³/mol. The number of rotatable bonds is 1. The quantitative estimate of drug-likeness (QED) is 0.671. The number of hydrogen-bond donors (Lipinski definition) is 1. The van der Waals surface area contributed by atoms with E-state index in [0.29, 0.717) is 5.56 Å². The molecule has 0 atom stereocenters. The number of anilines is 1. The van der Waals surface area contributed by atoms with Gasteiger partial charge in [-0.2, -0.15) is 5.26 Å². The second kappa shape index (κ2) is 3.96. The van der Waals surface area contributed by atoms with E-state index in [1.54, 1.807) is 13.8 Å². The van der Waals surface area contributed by atoms with Crippen molar-refractivity contribution in [1.29, 1.82) is 5.26 Å².